The van der Waals surface area contributed by atoms with Crippen LogP contribution in [0, 0.1) is 12.8 Å². The van der Waals surface area contributed by atoms with Crippen molar-refractivity contribution < 1.29 is 18.0 Å². The summed E-state index contributed by atoms with van der Waals surface area (Å²) in [6, 6.07) is 22.6. The van der Waals surface area contributed by atoms with Crippen LogP contribution in [0.1, 0.15) is 30.5 Å². The normalized spacial score (nSPS) is 12.2. The molecular weight excluding hydrogens is 534 g/mol. The minimum atomic E-state index is -3.81. The van der Waals surface area contributed by atoms with Crippen molar-refractivity contribution in [2.45, 2.75) is 39.8 Å². The summed E-state index contributed by atoms with van der Waals surface area (Å²) in [6.07, 6.45) is 1.35. The molecule has 9 heteroatoms. The van der Waals surface area contributed by atoms with E-state index in [1.165, 1.54) is 4.90 Å². The van der Waals surface area contributed by atoms with E-state index in [2.05, 4.69) is 5.32 Å². The summed E-state index contributed by atoms with van der Waals surface area (Å²) in [5, 5.41) is 3.52. The second-order valence-corrected chi connectivity index (χ2v) is 12.4. The molecule has 0 radical (unpaired) electrons. The topological polar surface area (TPSA) is 86.8 Å². The maximum atomic E-state index is 14.0. The second kappa shape index (κ2) is 13.6. The van der Waals surface area contributed by atoms with Crippen LogP contribution in [0.15, 0.2) is 78.9 Å². The molecule has 7 nitrogen and oxygen atoms in total. The smallest absolute Gasteiger partial charge is 0.244 e. The zero-order valence-electron chi connectivity index (χ0n) is 22.8. The van der Waals surface area contributed by atoms with Crippen molar-refractivity contribution >= 4 is 39.1 Å². The molecule has 1 atom stereocenters. The SMILES string of the molecule is Cc1ccccc1N(CC(=O)N(Cc1ccc(Cl)cc1)C(Cc1ccccc1)C(=O)NCC(C)C)S(C)(=O)=O. The third kappa shape index (κ3) is 8.83. The molecule has 1 N–H and O–H groups in total. The van der Waals surface area contributed by atoms with Gasteiger partial charge in [0.25, 0.3) is 0 Å². The number of aryl methyl sites for hydroxylation is 1. The molecule has 0 bridgehead atoms. The molecule has 0 saturated carbocycles. The van der Waals surface area contributed by atoms with Gasteiger partial charge in [0.2, 0.25) is 21.8 Å². The quantitative estimate of drug-likeness (QED) is 0.338. The van der Waals surface area contributed by atoms with Crippen molar-refractivity contribution in [2.24, 2.45) is 5.92 Å². The molecule has 3 aromatic carbocycles. The number of carbonyl (C=O) groups is 2. The molecule has 0 aliphatic carbocycles. The van der Waals surface area contributed by atoms with E-state index in [1.807, 2.05) is 50.2 Å². The van der Waals surface area contributed by atoms with Gasteiger partial charge < -0.3 is 10.2 Å². The number of benzene rings is 3. The first-order chi connectivity index (χ1) is 18.5. The minimum Gasteiger partial charge on any atom is -0.354 e. The molecule has 0 fully saturated rings. The highest BCUT2D eigenvalue weighted by molar-refractivity contribution is 7.92. The van der Waals surface area contributed by atoms with Crippen molar-refractivity contribution in [1.29, 1.82) is 0 Å². The van der Waals surface area contributed by atoms with Crippen LogP contribution in [-0.4, -0.2) is 50.5 Å². The number of nitrogens with zero attached hydrogens (tertiary/aromatic N) is 2. The number of rotatable bonds is 12. The van der Waals surface area contributed by atoms with Crippen LogP contribution >= 0.6 is 11.6 Å². The summed E-state index contributed by atoms with van der Waals surface area (Å²) in [7, 11) is -3.81. The summed E-state index contributed by atoms with van der Waals surface area (Å²) in [6.45, 7) is 5.89. The third-order valence-corrected chi connectivity index (χ3v) is 7.66. The molecule has 39 heavy (non-hydrogen) atoms. The van der Waals surface area contributed by atoms with Crippen LogP contribution in [0.5, 0.6) is 0 Å². The first-order valence-electron chi connectivity index (χ1n) is 12.8. The lowest BCUT2D eigenvalue weighted by atomic mass is 10.0. The molecule has 0 aromatic heterocycles. The number of sulfonamides is 1. The van der Waals surface area contributed by atoms with Crippen molar-refractivity contribution in [2.75, 3.05) is 23.7 Å². The standard InChI is InChI=1S/C30H36ClN3O4S/c1-22(2)19-32-30(36)28(18-24-11-6-5-7-12-24)33(20-25-14-16-26(31)17-15-25)29(35)21-34(39(4,37)38)27-13-9-8-10-23(27)3/h5-17,22,28H,18-21H2,1-4H3,(H,32,36). The number of hydrogen-bond acceptors (Lipinski definition) is 4. The molecule has 3 rings (SSSR count). The first-order valence-corrected chi connectivity index (χ1v) is 15.1. The average Bonchev–Trinajstić information content (AvgIpc) is 2.89. The van der Waals surface area contributed by atoms with Gasteiger partial charge >= 0.3 is 0 Å². The van der Waals surface area contributed by atoms with E-state index >= 15 is 0 Å². The molecule has 0 saturated heterocycles. The highest BCUT2D eigenvalue weighted by atomic mass is 35.5. The number of para-hydroxylation sites is 1. The fourth-order valence-corrected chi connectivity index (χ4v) is 5.23. The summed E-state index contributed by atoms with van der Waals surface area (Å²) in [4.78, 5) is 29.1. The summed E-state index contributed by atoms with van der Waals surface area (Å²) in [5.74, 6) is -0.565. The Labute approximate surface area is 236 Å². The number of anilines is 1. The van der Waals surface area contributed by atoms with E-state index < -0.39 is 28.5 Å². The Balaban J connectivity index is 2.05. The molecule has 208 valence electrons. The number of amides is 2. The Morgan fingerprint density at radius 2 is 1.51 bits per heavy atom. The Bertz CT molecular complexity index is 1360. The lowest BCUT2D eigenvalue weighted by Gasteiger charge is -2.34. The fourth-order valence-electron chi connectivity index (χ4n) is 4.20. The van der Waals surface area contributed by atoms with Gasteiger partial charge in [-0.25, -0.2) is 8.42 Å². The van der Waals surface area contributed by atoms with Crippen LogP contribution in [0.2, 0.25) is 5.02 Å². The first kappa shape index (κ1) is 30.2. The van der Waals surface area contributed by atoms with E-state index in [1.54, 1.807) is 49.4 Å². The van der Waals surface area contributed by atoms with Crippen molar-refractivity contribution in [3.05, 3.63) is 101 Å². The maximum Gasteiger partial charge on any atom is 0.244 e. The van der Waals surface area contributed by atoms with Gasteiger partial charge in [0.1, 0.15) is 12.6 Å². The lowest BCUT2D eigenvalue weighted by Crippen LogP contribution is -2.53. The zero-order chi connectivity index (χ0) is 28.6. The van der Waals surface area contributed by atoms with Gasteiger partial charge in [-0.1, -0.05) is 86.1 Å². The molecular formula is C30H36ClN3O4S. The third-order valence-electron chi connectivity index (χ3n) is 6.29. The van der Waals surface area contributed by atoms with Crippen LogP contribution in [0.25, 0.3) is 0 Å². The number of nitrogens with one attached hydrogen (secondary N) is 1. The number of hydrogen-bond donors (Lipinski definition) is 1. The summed E-state index contributed by atoms with van der Waals surface area (Å²) in [5.41, 5.74) is 2.79. The van der Waals surface area contributed by atoms with E-state index in [4.69, 9.17) is 11.6 Å². The monoisotopic (exact) mass is 569 g/mol. The van der Waals surface area contributed by atoms with E-state index in [0.717, 1.165) is 27.3 Å². The molecule has 0 aliphatic rings. The summed E-state index contributed by atoms with van der Waals surface area (Å²) < 4.78 is 26.8. The number of carbonyl (C=O) groups excluding carboxylic acids is 2. The predicted octanol–water partition coefficient (Wildman–Crippen LogP) is 4.83. The minimum absolute atomic E-state index is 0.105. The molecule has 1 unspecified atom stereocenters. The van der Waals surface area contributed by atoms with E-state index in [-0.39, 0.29) is 24.8 Å². The van der Waals surface area contributed by atoms with E-state index in [0.29, 0.717) is 17.3 Å². The molecule has 0 spiro atoms. The second-order valence-electron chi connectivity index (χ2n) is 10.0. The Kier molecular flexibility index (Phi) is 10.5. The molecule has 3 aromatic rings. The van der Waals surface area contributed by atoms with Crippen LogP contribution in [0.4, 0.5) is 5.69 Å². The maximum absolute atomic E-state index is 14.0. The molecule has 0 aliphatic heterocycles. The zero-order valence-corrected chi connectivity index (χ0v) is 24.4. The van der Waals surface area contributed by atoms with Crippen molar-refractivity contribution in [1.82, 2.24) is 10.2 Å². The fraction of sp³-hybridized carbons (Fsp3) is 0.333. The van der Waals surface area contributed by atoms with Gasteiger partial charge in [0.15, 0.2) is 0 Å². The highest BCUT2D eigenvalue weighted by Gasteiger charge is 2.33. The highest BCUT2D eigenvalue weighted by Crippen LogP contribution is 2.23. The predicted molar refractivity (Wildman–Crippen MR) is 157 cm³/mol. The average molecular weight is 570 g/mol. The lowest BCUT2D eigenvalue weighted by molar-refractivity contribution is -0.140. The molecule has 2 amide bonds. The van der Waals surface area contributed by atoms with Crippen LogP contribution < -0.4 is 9.62 Å². The van der Waals surface area contributed by atoms with Crippen LogP contribution in [-0.2, 0) is 32.6 Å². The van der Waals surface area contributed by atoms with Crippen molar-refractivity contribution in [3.8, 4) is 0 Å². The van der Waals surface area contributed by atoms with Crippen LogP contribution in [0.3, 0.4) is 0 Å². The van der Waals surface area contributed by atoms with Gasteiger partial charge in [0, 0.05) is 24.5 Å². The largest absolute Gasteiger partial charge is 0.354 e. The Hall–Kier alpha value is -3.36. The van der Waals surface area contributed by atoms with Gasteiger partial charge in [-0.3, -0.25) is 13.9 Å². The molecule has 0 heterocycles. The Morgan fingerprint density at radius 1 is 0.897 bits per heavy atom. The van der Waals surface area contributed by atoms with E-state index in [9.17, 15) is 18.0 Å². The summed E-state index contributed by atoms with van der Waals surface area (Å²) >= 11 is 6.09. The van der Waals surface area contributed by atoms with Gasteiger partial charge in [-0.15, -0.1) is 0 Å². The Morgan fingerprint density at radius 3 is 2.10 bits per heavy atom. The van der Waals surface area contributed by atoms with Crippen molar-refractivity contribution in [3.63, 3.8) is 0 Å². The van der Waals surface area contributed by atoms with Gasteiger partial charge in [-0.2, -0.15) is 0 Å². The van der Waals surface area contributed by atoms with Gasteiger partial charge in [0.05, 0.1) is 11.9 Å². The van der Waals surface area contributed by atoms with Gasteiger partial charge in [-0.05, 0) is 47.7 Å². The number of halogens is 1.